The molecule has 20 heavy (non-hydrogen) atoms. The summed E-state index contributed by atoms with van der Waals surface area (Å²) in [7, 11) is 0. The number of anilines is 1. The predicted octanol–water partition coefficient (Wildman–Crippen LogP) is 3.06. The van der Waals surface area contributed by atoms with E-state index in [2.05, 4.69) is 15.9 Å². The van der Waals surface area contributed by atoms with E-state index in [0.717, 1.165) is 17.0 Å². The maximum Gasteiger partial charge on any atom is 0.323 e. The number of halogens is 3. The number of nitrogens with zero attached hydrogens (tertiary/aromatic N) is 1. The van der Waals surface area contributed by atoms with Crippen molar-refractivity contribution >= 4 is 33.6 Å². The molecule has 0 atom stereocenters. The van der Waals surface area contributed by atoms with Crippen LogP contribution in [0, 0.1) is 11.6 Å². The van der Waals surface area contributed by atoms with Crippen molar-refractivity contribution in [3.8, 4) is 0 Å². The van der Waals surface area contributed by atoms with Crippen molar-refractivity contribution in [2.75, 3.05) is 18.4 Å². The summed E-state index contributed by atoms with van der Waals surface area (Å²) < 4.78 is 27.3. The third-order valence-electron chi connectivity index (χ3n) is 2.35. The Morgan fingerprint density at radius 1 is 1.35 bits per heavy atom. The first kappa shape index (κ1) is 16.4. The molecule has 0 aliphatic heterocycles. The summed E-state index contributed by atoms with van der Waals surface area (Å²) in [4.78, 5) is 23.4. The number of aliphatic carboxylic acids is 1. The normalized spacial score (nSPS) is 10.2. The summed E-state index contributed by atoms with van der Waals surface area (Å²) in [6, 6.07) is 1.13. The van der Waals surface area contributed by atoms with Gasteiger partial charge in [0.05, 0.1) is 0 Å². The Morgan fingerprint density at radius 3 is 2.35 bits per heavy atom. The molecule has 2 amide bonds. The Labute approximate surface area is 122 Å². The third-order valence-corrected chi connectivity index (χ3v) is 2.80. The molecule has 0 saturated carbocycles. The number of amides is 2. The van der Waals surface area contributed by atoms with E-state index in [1.807, 2.05) is 5.32 Å². The first-order chi connectivity index (χ1) is 9.35. The molecule has 1 aromatic carbocycles. The van der Waals surface area contributed by atoms with E-state index in [1.54, 1.807) is 6.92 Å². The van der Waals surface area contributed by atoms with Gasteiger partial charge >= 0.3 is 12.0 Å². The summed E-state index contributed by atoms with van der Waals surface area (Å²) in [6.45, 7) is 1.38. The fourth-order valence-electron chi connectivity index (χ4n) is 1.53. The second-order valence-corrected chi connectivity index (χ2v) is 4.91. The minimum Gasteiger partial charge on any atom is -0.480 e. The van der Waals surface area contributed by atoms with E-state index in [-0.39, 0.29) is 11.0 Å². The van der Waals surface area contributed by atoms with Crippen LogP contribution < -0.4 is 5.32 Å². The first-order valence-electron chi connectivity index (χ1n) is 5.77. The van der Waals surface area contributed by atoms with Crippen LogP contribution in [0.4, 0.5) is 19.3 Å². The highest BCUT2D eigenvalue weighted by atomic mass is 79.9. The molecule has 0 spiro atoms. The molecule has 0 aliphatic rings. The van der Waals surface area contributed by atoms with Crippen molar-refractivity contribution in [2.45, 2.75) is 13.3 Å². The second kappa shape index (κ2) is 7.18. The molecule has 0 radical (unpaired) electrons. The summed E-state index contributed by atoms with van der Waals surface area (Å²) in [5, 5.41) is 10.7. The van der Waals surface area contributed by atoms with Gasteiger partial charge in [0.1, 0.15) is 12.2 Å². The van der Waals surface area contributed by atoms with Gasteiger partial charge in [-0.25, -0.2) is 13.6 Å². The lowest BCUT2D eigenvalue weighted by Crippen LogP contribution is -2.39. The highest BCUT2D eigenvalue weighted by Crippen LogP contribution is 2.24. The number of rotatable bonds is 5. The quantitative estimate of drug-likeness (QED) is 0.857. The first-order valence-corrected chi connectivity index (χ1v) is 6.56. The lowest BCUT2D eigenvalue weighted by molar-refractivity contribution is -0.137. The van der Waals surface area contributed by atoms with Gasteiger partial charge in [0.25, 0.3) is 0 Å². The summed E-state index contributed by atoms with van der Waals surface area (Å²) >= 11 is 2.92. The lowest BCUT2D eigenvalue weighted by atomic mass is 10.3. The number of benzene rings is 1. The van der Waals surface area contributed by atoms with E-state index in [1.165, 1.54) is 0 Å². The van der Waals surface area contributed by atoms with Crippen molar-refractivity contribution in [2.24, 2.45) is 0 Å². The van der Waals surface area contributed by atoms with Crippen LogP contribution in [0.15, 0.2) is 16.6 Å². The largest absolute Gasteiger partial charge is 0.480 e. The van der Waals surface area contributed by atoms with Crippen LogP contribution in [0.5, 0.6) is 0 Å². The van der Waals surface area contributed by atoms with Crippen LogP contribution >= 0.6 is 15.9 Å². The number of nitrogens with one attached hydrogen (secondary N) is 1. The topological polar surface area (TPSA) is 69.6 Å². The fraction of sp³-hybridized carbons (Fsp3) is 0.333. The highest BCUT2D eigenvalue weighted by Gasteiger charge is 2.19. The van der Waals surface area contributed by atoms with Gasteiger partial charge in [-0.1, -0.05) is 22.9 Å². The molecule has 8 heteroatoms. The zero-order chi connectivity index (χ0) is 15.3. The fourth-order valence-corrected chi connectivity index (χ4v) is 1.94. The Bertz CT molecular complexity index is 502. The van der Waals surface area contributed by atoms with Gasteiger partial charge in [-0.2, -0.15) is 0 Å². The SMILES string of the molecule is CCCN(CC(=O)O)C(=O)Nc1c(F)cc(Br)cc1F. The molecule has 0 saturated heterocycles. The zero-order valence-corrected chi connectivity index (χ0v) is 12.2. The number of hydrogen-bond donors (Lipinski definition) is 2. The van der Waals surface area contributed by atoms with E-state index in [9.17, 15) is 18.4 Å². The molecule has 1 aromatic rings. The summed E-state index contributed by atoms with van der Waals surface area (Å²) in [5.41, 5.74) is -0.607. The molecule has 2 N–H and O–H groups in total. The van der Waals surface area contributed by atoms with Crippen molar-refractivity contribution in [3.63, 3.8) is 0 Å². The highest BCUT2D eigenvalue weighted by molar-refractivity contribution is 9.10. The Kier molecular flexibility index (Phi) is 5.87. The molecule has 110 valence electrons. The van der Waals surface area contributed by atoms with Crippen molar-refractivity contribution in [3.05, 3.63) is 28.2 Å². The third kappa shape index (κ3) is 4.44. The molecule has 0 unspecified atom stereocenters. The molecular formula is C12H13BrF2N2O3. The van der Waals surface area contributed by atoms with Gasteiger partial charge in [-0.3, -0.25) is 4.79 Å². The van der Waals surface area contributed by atoms with Crippen LogP contribution in [0.2, 0.25) is 0 Å². The van der Waals surface area contributed by atoms with Crippen LogP contribution in [-0.4, -0.2) is 35.1 Å². The number of urea groups is 1. The van der Waals surface area contributed by atoms with Crippen molar-refractivity contribution < 1.29 is 23.5 Å². The minimum atomic E-state index is -1.20. The number of carboxylic acids is 1. The van der Waals surface area contributed by atoms with Gasteiger partial charge in [-0.05, 0) is 18.6 Å². The second-order valence-electron chi connectivity index (χ2n) is 3.99. The maximum atomic E-state index is 13.6. The molecule has 0 heterocycles. The Morgan fingerprint density at radius 2 is 1.90 bits per heavy atom. The van der Waals surface area contributed by atoms with Crippen LogP contribution in [0.1, 0.15) is 13.3 Å². The van der Waals surface area contributed by atoms with E-state index >= 15 is 0 Å². The zero-order valence-electron chi connectivity index (χ0n) is 10.6. The number of carbonyl (C=O) groups excluding carboxylic acids is 1. The Hall–Kier alpha value is -1.70. The number of hydrogen-bond acceptors (Lipinski definition) is 2. The van der Waals surface area contributed by atoms with Crippen molar-refractivity contribution in [1.82, 2.24) is 4.90 Å². The maximum absolute atomic E-state index is 13.6. The average molecular weight is 351 g/mol. The molecule has 5 nitrogen and oxygen atoms in total. The molecule has 1 rings (SSSR count). The standard InChI is InChI=1S/C12H13BrF2N2O3/c1-2-3-17(6-10(18)19)12(20)16-11-8(14)4-7(13)5-9(11)15/h4-5H,2-3,6H2,1H3,(H,16,20)(H,18,19). The Balaban J connectivity index is 2.90. The monoisotopic (exact) mass is 350 g/mol. The van der Waals surface area contributed by atoms with Gasteiger partial charge in [0.15, 0.2) is 11.6 Å². The van der Waals surface area contributed by atoms with E-state index in [0.29, 0.717) is 6.42 Å². The lowest BCUT2D eigenvalue weighted by Gasteiger charge is -2.20. The van der Waals surface area contributed by atoms with Crippen LogP contribution in [-0.2, 0) is 4.79 Å². The van der Waals surface area contributed by atoms with Gasteiger partial charge in [-0.15, -0.1) is 0 Å². The number of carboxylic acid groups (broad SMARTS) is 1. The molecule has 0 bridgehead atoms. The molecule has 0 fully saturated rings. The van der Waals surface area contributed by atoms with E-state index < -0.39 is 35.9 Å². The molecule has 0 aliphatic carbocycles. The molecule has 0 aromatic heterocycles. The van der Waals surface area contributed by atoms with Gasteiger partial charge in [0.2, 0.25) is 0 Å². The van der Waals surface area contributed by atoms with Crippen LogP contribution in [0.3, 0.4) is 0 Å². The number of carbonyl (C=O) groups is 2. The smallest absolute Gasteiger partial charge is 0.323 e. The van der Waals surface area contributed by atoms with Gasteiger partial charge in [0, 0.05) is 11.0 Å². The van der Waals surface area contributed by atoms with Gasteiger partial charge < -0.3 is 15.3 Å². The van der Waals surface area contributed by atoms with Crippen LogP contribution in [0.25, 0.3) is 0 Å². The average Bonchev–Trinajstić information content (AvgIpc) is 2.32. The van der Waals surface area contributed by atoms with Crippen molar-refractivity contribution in [1.29, 1.82) is 0 Å². The summed E-state index contributed by atoms with van der Waals surface area (Å²) in [6.07, 6.45) is 0.520. The predicted molar refractivity (Wildman–Crippen MR) is 72.6 cm³/mol. The molecular weight excluding hydrogens is 338 g/mol. The van der Waals surface area contributed by atoms with E-state index in [4.69, 9.17) is 5.11 Å². The summed E-state index contributed by atoms with van der Waals surface area (Å²) in [5.74, 6) is -3.10. The minimum absolute atomic E-state index is 0.165.